The number of carbonyl (C=O) groups is 3. The van der Waals surface area contributed by atoms with Crippen molar-refractivity contribution in [3.05, 3.63) is 58.9 Å². The number of hydrogen-bond acceptors (Lipinski definition) is 5. The maximum Gasteiger partial charge on any atom is 0.281 e. The lowest BCUT2D eigenvalue weighted by Crippen LogP contribution is -2.23. The molecule has 1 aliphatic rings. The lowest BCUT2D eigenvalue weighted by molar-refractivity contribution is -0.116. The third-order valence-corrected chi connectivity index (χ3v) is 4.86. The fourth-order valence-corrected chi connectivity index (χ4v) is 3.14. The number of rotatable bonds is 5. The van der Waals surface area contributed by atoms with E-state index < -0.39 is 11.8 Å². The van der Waals surface area contributed by atoms with Crippen LogP contribution in [-0.4, -0.2) is 39.2 Å². The molecule has 154 valence electrons. The molecule has 0 spiro atoms. The fraction of sp³-hybridized carbons (Fsp3) is 0.238. The van der Waals surface area contributed by atoms with Gasteiger partial charge in [0.25, 0.3) is 17.8 Å². The summed E-state index contributed by atoms with van der Waals surface area (Å²) >= 11 is 0. The molecule has 9 nitrogen and oxygen atoms in total. The van der Waals surface area contributed by atoms with Crippen molar-refractivity contribution in [3.63, 3.8) is 0 Å². The number of aryl methyl sites for hydroxylation is 1. The first-order chi connectivity index (χ1) is 14.2. The van der Waals surface area contributed by atoms with E-state index in [1.54, 1.807) is 31.2 Å². The topological polar surface area (TPSA) is 132 Å². The third-order valence-electron chi connectivity index (χ3n) is 4.86. The van der Waals surface area contributed by atoms with E-state index in [0.29, 0.717) is 23.5 Å². The minimum atomic E-state index is -0.611. The first kappa shape index (κ1) is 20.8. The van der Waals surface area contributed by atoms with E-state index in [4.69, 9.17) is 5.73 Å². The van der Waals surface area contributed by atoms with Crippen LogP contribution in [0.2, 0.25) is 0 Å². The zero-order valence-corrected chi connectivity index (χ0v) is 17.0. The number of nitrogens with one attached hydrogen (secondary N) is 1. The number of amides is 3. The first-order valence-corrected chi connectivity index (χ1v) is 9.30. The Balaban J connectivity index is 1.75. The summed E-state index contributed by atoms with van der Waals surface area (Å²) in [5, 5.41) is 7.15. The molecule has 3 amide bonds. The van der Waals surface area contributed by atoms with Gasteiger partial charge in [0.2, 0.25) is 5.91 Å². The van der Waals surface area contributed by atoms with Crippen LogP contribution in [0.4, 0.5) is 5.69 Å². The Bertz CT molecular complexity index is 1140. The zero-order chi connectivity index (χ0) is 22.0. The van der Waals surface area contributed by atoms with Crippen LogP contribution in [0.1, 0.15) is 40.7 Å². The van der Waals surface area contributed by atoms with Crippen LogP contribution in [0.15, 0.2) is 46.4 Å². The van der Waals surface area contributed by atoms with E-state index in [1.165, 1.54) is 4.68 Å². The molecule has 0 saturated carbocycles. The Morgan fingerprint density at radius 3 is 2.53 bits per heavy atom. The van der Waals surface area contributed by atoms with Gasteiger partial charge in [-0.25, -0.2) is 9.67 Å². The normalized spacial score (nSPS) is 13.7. The predicted octanol–water partition coefficient (Wildman–Crippen LogP) is 1.93. The summed E-state index contributed by atoms with van der Waals surface area (Å²) < 4.78 is 1.50. The highest BCUT2D eigenvalue weighted by molar-refractivity contribution is 6.27. The van der Waals surface area contributed by atoms with Crippen molar-refractivity contribution >= 4 is 35.1 Å². The van der Waals surface area contributed by atoms with Gasteiger partial charge in [0.05, 0.1) is 28.2 Å². The number of aromatic nitrogens is 2. The summed E-state index contributed by atoms with van der Waals surface area (Å²) in [5.74, 6) is -1.14. The second-order valence-corrected chi connectivity index (χ2v) is 6.91. The van der Waals surface area contributed by atoms with E-state index in [-0.39, 0.29) is 29.4 Å². The Hall–Kier alpha value is -3.88. The molecule has 1 aromatic heterocycles. The van der Waals surface area contributed by atoms with E-state index in [1.807, 2.05) is 13.8 Å². The molecular formula is C21H22N6O3. The van der Waals surface area contributed by atoms with Gasteiger partial charge < -0.3 is 11.1 Å². The van der Waals surface area contributed by atoms with Crippen molar-refractivity contribution in [2.45, 2.75) is 33.6 Å². The third kappa shape index (κ3) is 4.09. The maximum absolute atomic E-state index is 12.4. The van der Waals surface area contributed by atoms with E-state index >= 15 is 0 Å². The van der Waals surface area contributed by atoms with Gasteiger partial charge in [-0.3, -0.25) is 14.4 Å². The van der Waals surface area contributed by atoms with Crippen LogP contribution in [-0.2, 0) is 16.0 Å². The molecule has 2 aromatic rings. The molecule has 3 rings (SSSR count). The molecule has 0 unspecified atom stereocenters. The van der Waals surface area contributed by atoms with Gasteiger partial charge in [-0.2, -0.15) is 10.1 Å². The van der Waals surface area contributed by atoms with Gasteiger partial charge in [0, 0.05) is 12.1 Å². The van der Waals surface area contributed by atoms with Gasteiger partial charge in [-0.05, 0) is 44.9 Å². The first-order valence-electron chi connectivity index (χ1n) is 9.30. The number of nitrogens with two attached hydrogens (primary N) is 1. The molecule has 3 N–H and O–H groups in total. The van der Waals surface area contributed by atoms with Crippen molar-refractivity contribution in [3.8, 4) is 0 Å². The number of primary amides is 1. The quantitative estimate of drug-likeness (QED) is 0.734. The lowest BCUT2D eigenvalue weighted by atomic mass is 10.1. The van der Waals surface area contributed by atoms with Gasteiger partial charge >= 0.3 is 0 Å². The van der Waals surface area contributed by atoms with Crippen LogP contribution in [0.3, 0.4) is 0 Å². The van der Waals surface area contributed by atoms with Gasteiger partial charge in [-0.15, -0.1) is 0 Å². The predicted molar refractivity (Wildman–Crippen MR) is 114 cm³/mol. The van der Waals surface area contributed by atoms with Crippen LogP contribution in [0.25, 0.3) is 0 Å². The highest BCUT2D eigenvalue weighted by atomic mass is 16.2. The second kappa shape index (κ2) is 8.24. The molecule has 9 heteroatoms. The number of benzene rings is 1. The minimum absolute atomic E-state index is 0.172. The van der Waals surface area contributed by atoms with Crippen molar-refractivity contribution in [1.29, 1.82) is 0 Å². The van der Waals surface area contributed by atoms with E-state index in [9.17, 15) is 14.4 Å². The highest BCUT2D eigenvalue weighted by Crippen LogP contribution is 2.19. The molecular weight excluding hydrogens is 384 g/mol. The number of anilines is 1. The lowest BCUT2D eigenvalue weighted by Gasteiger charge is -2.11. The number of carbonyl (C=O) groups excluding carboxylic acids is 3. The van der Waals surface area contributed by atoms with Crippen LogP contribution < -0.4 is 11.1 Å². The fourth-order valence-electron chi connectivity index (χ4n) is 3.14. The average molecular weight is 406 g/mol. The number of nitrogens with zero attached hydrogens (tertiary/aromatic N) is 4. The number of hydrogen-bond donors (Lipinski definition) is 2. The highest BCUT2D eigenvalue weighted by Gasteiger charge is 2.22. The molecule has 0 fully saturated rings. The molecule has 0 saturated heterocycles. The van der Waals surface area contributed by atoms with Gasteiger partial charge in [-0.1, -0.05) is 18.7 Å². The van der Waals surface area contributed by atoms with E-state index in [2.05, 4.69) is 27.0 Å². The monoisotopic (exact) mass is 406 g/mol. The minimum Gasteiger partial charge on any atom is -0.366 e. The summed E-state index contributed by atoms with van der Waals surface area (Å²) in [4.78, 5) is 44.1. The molecule has 30 heavy (non-hydrogen) atoms. The zero-order valence-electron chi connectivity index (χ0n) is 17.0. The molecule has 2 heterocycles. The molecule has 0 aliphatic carbocycles. The summed E-state index contributed by atoms with van der Waals surface area (Å²) in [5.41, 5.74) is 9.04. The molecule has 0 bridgehead atoms. The van der Waals surface area contributed by atoms with Crippen molar-refractivity contribution in [2.75, 3.05) is 5.32 Å². The van der Waals surface area contributed by atoms with Gasteiger partial charge in [0.1, 0.15) is 0 Å². The average Bonchev–Trinajstić information content (AvgIpc) is 2.98. The summed E-state index contributed by atoms with van der Waals surface area (Å²) in [6.07, 6.45) is 0.587. The Kier molecular flexibility index (Phi) is 5.72. The molecule has 0 radical (unpaired) electrons. The Labute approximate surface area is 173 Å². The van der Waals surface area contributed by atoms with Gasteiger partial charge in [0.15, 0.2) is 0 Å². The number of aliphatic imine (C=N–C) groups is 2. The molecule has 0 atom stereocenters. The van der Waals surface area contributed by atoms with Crippen LogP contribution in [0.5, 0.6) is 0 Å². The van der Waals surface area contributed by atoms with Crippen molar-refractivity contribution in [1.82, 2.24) is 9.78 Å². The smallest absolute Gasteiger partial charge is 0.281 e. The summed E-state index contributed by atoms with van der Waals surface area (Å²) in [6, 6.07) is 6.57. The molecule has 1 aromatic carbocycles. The van der Waals surface area contributed by atoms with Crippen molar-refractivity contribution < 1.29 is 14.4 Å². The summed E-state index contributed by atoms with van der Waals surface area (Å²) in [6.45, 7) is 9.00. The Morgan fingerprint density at radius 1 is 1.17 bits per heavy atom. The van der Waals surface area contributed by atoms with Crippen LogP contribution >= 0.6 is 0 Å². The largest absolute Gasteiger partial charge is 0.366 e. The van der Waals surface area contributed by atoms with E-state index in [0.717, 1.165) is 11.3 Å². The number of para-hydroxylation sites is 1. The van der Waals surface area contributed by atoms with Crippen molar-refractivity contribution in [2.24, 2.45) is 15.7 Å². The van der Waals surface area contributed by atoms with Crippen LogP contribution in [0, 0.1) is 13.8 Å². The SMILES string of the molecule is C=C1C(=O)N=C(n2nc(C)c(CCC(=O)Nc3ccccc3C(N)=O)c2C)N=C1C. The molecule has 1 aliphatic heterocycles. The maximum atomic E-state index is 12.4. The second-order valence-electron chi connectivity index (χ2n) is 6.91. The summed E-state index contributed by atoms with van der Waals surface area (Å²) in [7, 11) is 0. The Morgan fingerprint density at radius 2 is 1.87 bits per heavy atom. The standard InChI is InChI=1S/C21H22N6O3/c1-11-12(2)23-21(25-20(11)30)27-14(4)15(13(3)26-27)9-10-18(28)24-17-8-6-5-7-16(17)19(22)29/h5-8H,1,9-10H2,2-4H3,(H2,22,29)(H,24,28).